The number of aromatic nitrogens is 2. The zero-order chi connectivity index (χ0) is 38.8. The lowest BCUT2D eigenvalue weighted by Gasteiger charge is -2.29. The van der Waals surface area contributed by atoms with Gasteiger partial charge in [-0.2, -0.15) is 5.26 Å². The summed E-state index contributed by atoms with van der Waals surface area (Å²) in [5.74, 6) is -1.18. The molecule has 54 heavy (non-hydrogen) atoms. The molecule has 1 saturated heterocycles. The number of amides is 4. The van der Waals surface area contributed by atoms with Gasteiger partial charge in [0, 0.05) is 35.8 Å². The van der Waals surface area contributed by atoms with Crippen LogP contribution in [0.3, 0.4) is 0 Å². The van der Waals surface area contributed by atoms with Crippen molar-refractivity contribution in [2.45, 2.75) is 51.3 Å². The van der Waals surface area contributed by atoms with Crippen molar-refractivity contribution in [3.05, 3.63) is 105 Å². The van der Waals surface area contributed by atoms with E-state index in [9.17, 15) is 32.9 Å². The zero-order valence-electron chi connectivity index (χ0n) is 29.3. The molecule has 278 valence electrons. The molecule has 2 aliphatic heterocycles. The molecule has 1 unspecified atom stereocenters. The number of ether oxygens (including phenoxy) is 2. The van der Waals surface area contributed by atoms with Gasteiger partial charge in [-0.05, 0) is 71.6 Å². The number of sulfonamides is 1. The lowest BCUT2D eigenvalue weighted by atomic mass is 9.77. The van der Waals surface area contributed by atoms with E-state index in [1.165, 1.54) is 11.1 Å². The van der Waals surface area contributed by atoms with Gasteiger partial charge in [0.15, 0.2) is 12.4 Å². The van der Waals surface area contributed by atoms with Crippen LogP contribution in [0.1, 0.15) is 65.0 Å². The fourth-order valence-electron chi connectivity index (χ4n) is 6.15. The summed E-state index contributed by atoms with van der Waals surface area (Å²) in [6.07, 6.45) is 2.82. The first-order chi connectivity index (χ1) is 25.6. The standard InChI is InChI=1S/C37H34ClN7O8S/c1-37(2,23-4-7-27(8-5-23)52-19-26-12-13-40-36(42-26)44-54(3,50)51)24-14-21(17-39)33(29(38)16-24)53-20-32(47)41-25-6-9-28-22(15-25)18-45(35(28)49)30-10-11-31(46)43-34(30)48/h4-9,12-16,30H,10-11,18-20H2,1-3H3,(H,41,47)(H,40,42,44)(H,43,46,48). The Balaban J connectivity index is 1.07. The molecule has 6 rings (SSSR count). The summed E-state index contributed by atoms with van der Waals surface area (Å²) in [7, 11) is -3.53. The molecule has 4 amide bonds. The largest absolute Gasteiger partial charge is 0.487 e. The Morgan fingerprint density at radius 1 is 1.07 bits per heavy atom. The second-order valence-electron chi connectivity index (χ2n) is 13.2. The molecule has 1 fully saturated rings. The molecule has 3 heterocycles. The number of hydrogen-bond donors (Lipinski definition) is 3. The van der Waals surface area contributed by atoms with Crippen molar-refractivity contribution in [1.82, 2.24) is 20.2 Å². The van der Waals surface area contributed by atoms with Gasteiger partial charge in [-0.3, -0.25) is 29.2 Å². The molecule has 15 nitrogen and oxygen atoms in total. The van der Waals surface area contributed by atoms with Gasteiger partial charge >= 0.3 is 0 Å². The van der Waals surface area contributed by atoms with Crippen LogP contribution >= 0.6 is 11.6 Å². The second kappa shape index (κ2) is 15.1. The third-order valence-corrected chi connectivity index (χ3v) is 9.83. The number of piperidine rings is 1. The Hall–Kier alpha value is -6.05. The Labute approximate surface area is 315 Å². The zero-order valence-corrected chi connectivity index (χ0v) is 30.9. The lowest BCUT2D eigenvalue weighted by Crippen LogP contribution is -2.52. The summed E-state index contributed by atoms with van der Waals surface area (Å²) < 4.78 is 36.8. The normalized spacial score (nSPS) is 15.6. The first kappa shape index (κ1) is 37.7. The molecular formula is C37H34ClN7O8S. The van der Waals surface area contributed by atoms with Crippen molar-refractivity contribution in [2.24, 2.45) is 0 Å². The third-order valence-electron chi connectivity index (χ3n) is 8.99. The van der Waals surface area contributed by atoms with Crippen LogP contribution in [0.5, 0.6) is 11.5 Å². The van der Waals surface area contributed by atoms with Gasteiger partial charge in [0.1, 0.15) is 24.5 Å². The van der Waals surface area contributed by atoms with E-state index in [2.05, 4.69) is 31.4 Å². The van der Waals surface area contributed by atoms with E-state index in [1.54, 1.807) is 48.5 Å². The Kier molecular flexibility index (Phi) is 10.6. The monoisotopic (exact) mass is 771 g/mol. The number of fused-ring (bicyclic) bond motifs is 1. The number of nitrogens with zero attached hydrogens (tertiary/aromatic N) is 4. The number of rotatable bonds is 12. The number of anilines is 2. The van der Waals surface area contributed by atoms with Crippen molar-refractivity contribution >= 4 is 56.9 Å². The van der Waals surface area contributed by atoms with Crippen LogP contribution in [0, 0.1) is 11.3 Å². The molecule has 0 bridgehead atoms. The number of imide groups is 1. The maximum absolute atomic E-state index is 13.0. The summed E-state index contributed by atoms with van der Waals surface area (Å²) in [6.45, 7) is 3.71. The van der Waals surface area contributed by atoms with E-state index in [-0.39, 0.29) is 60.1 Å². The molecular weight excluding hydrogens is 738 g/mol. The summed E-state index contributed by atoms with van der Waals surface area (Å²) >= 11 is 6.64. The van der Waals surface area contributed by atoms with E-state index in [1.807, 2.05) is 26.0 Å². The minimum Gasteiger partial charge on any atom is -0.487 e. The van der Waals surface area contributed by atoms with Gasteiger partial charge in [0.25, 0.3) is 11.8 Å². The van der Waals surface area contributed by atoms with E-state index in [4.69, 9.17) is 21.1 Å². The molecule has 2 aliphatic rings. The maximum Gasteiger partial charge on any atom is 0.262 e. The molecule has 1 aromatic heterocycles. The molecule has 0 radical (unpaired) electrons. The van der Waals surface area contributed by atoms with E-state index in [0.717, 1.165) is 17.4 Å². The summed E-state index contributed by atoms with van der Waals surface area (Å²) in [6, 6.07) is 18.4. The molecule has 4 aromatic rings. The highest BCUT2D eigenvalue weighted by atomic mass is 35.5. The van der Waals surface area contributed by atoms with Crippen molar-refractivity contribution in [1.29, 1.82) is 5.26 Å². The minimum absolute atomic E-state index is 0.0525. The van der Waals surface area contributed by atoms with Crippen LogP contribution in [0.2, 0.25) is 5.02 Å². The predicted molar refractivity (Wildman–Crippen MR) is 196 cm³/mol. The maximum atomic E-state index is 13.0. The van der Waals surface area contributed by atoms with Gasteiger partial charge in [-0.15, -0.1) is 0 Å². The smallest absolute Gasteiger partial charge is 0.262 e. The molecule has 3 N–H and O–H groups in total. The van der Waals surface area contributed by atoms with Crippen molar-refractivity contribution in [2.75, 3.05) is 22.9 Å². The van der Waals surface area contributed by atoms with Crippen LogP contribution in [0.4, 0.5) is 11.6 Å². The summed E-state index contributed by atoms with van der Waals surface area (Å²) in [4.78, 5) is 59.3. The highest BCUT2D eigenvalue weighted by Gasteiger charge is 2.39. The van der Waals surface area contributed by atoms with Gasteiger partial charge in [0.05, 0.1) is 22.5 Å². The van der Waals surface area contributed by atoms with Crippen LogP contribution < -0.4 is 24.8 Å². The average molecular weight is 772 g/mol. The van der Waals surface area contributed by atoms with Crippen LogP contribution in [0.15, 0.2) is 66.9 Å². The third kappa shape index (κ3) is 8.43. The van der Waals surface area contributed by atoms with Gasteiger partial charge in [0.2, 0.25) is 27.8 Å². The predicted octanol–water partition coefficient (Wildman–Crippen LogP) is 4.06. The number of carbonyl (C=O) groups is 4. The van der Waals surface area contributed by atoms with Gasteiger partial charge < -0.3 is 19.7 Å². The Morgan fingerprint density at radius 3 is 2.54 bits per heavy atom. The fourth-order valence-corrected chi connectivity index (χ4v) is 6.86. The number of halogens is 1. The van der Waals surface area contributed by atoms with Crippen LogP contribution in [-0.4, -0.2) is 65.8 Å². The molecule has 17 heteroatoms. The topological polar surface area (TPSA) is 210 Å². The van der Waals surface area contributed by atoms with Crippen LogP contribution in [0.25, 0.3) is 0 Å². The van der Waals surface area contributed by atoms with Gasteiger partial charge in [-0.1, -0.05) is 37.6 Å². The van der Waals surface area contributed by atoms with E-state index >= 15 is 0 Å². The average Bonchev–Trinajstić information content (AvgIpc) is 3.44. The summed E-state index contributed by atoms with van der Waals surface area (Å²) in [5, 5.41) is 15.1. The quantitative estimate of drug-likeness (QED) is 0.175. The molecule has 0 aliphatic carbocycles. The van der Waals surface area contributed by atoms with Crippen molar-refractivity contribution < 1.29 is 37.1 Å². The van der Waals surface area contributed by atoms with Crippen molar-refractivity contribution in [3.8, 4) is 17.6 Å². The van der Waals surface area contributed by atoms with E-state index in [0.29, 0.717) is 28.3 Å². The molecule has 0 saturated carbocycles. The second-order valence-corrected chi connectivity index (χ2v) is 15.4. The fraction of sp³-hybridized carbons (Fsp3) is 0.270. The number of hydrogen-bond acceptors (Lipinski definition) is 11. The molecule has 3 aromatic carbocycles. The first-order valence-electron chi connectivity index (χ1n) is 16.6. The Bertz CT molecular complexity index is 2330. The van der Waals surface area contributed by atoms with Gasteiger partial charge in [-0.25, -0.2) is 18.4 Å². The molecule has 1 atom stereocenters. The number of benzene rings is 3. The number of nitrogens with one attached hydrogen (secondary N) is 3. The minimum atomic E-state index is -3.53. The number of nitriles is 1. The van der Waals surface area contributed by atoms with Crippen molar-refractivity contribution in [3.63, 3.8) is 0 Å². The van der Waals surface area contributed by atoms with Crippen LogP contribution in [-0.2, 0) is 43.0 Å². The summed E-state index contributed by atoms with van der Waals surface area (Å²) in [5.41, 5.74) is 3.04. The molecule has 0 spiro atoms. The Morgan fingerprint density at radius 2 is 1.83 bits per heavy atom. The lowest BCUT2D eigenvalue weighted by molar-refractivity contribution is -0.137. The van der Waals surface area contributed by atoms with E-state index < -0.39 is 39.9 Å². The first-order valence-corrected chi connectivity index (χ1v) is 18.9. The number of carbonyl (C=O) groups excluding carboxylic acids is 4. The highest BCUT2D eigenvalue weighted by molar-refractivity contribution is 7.92. The highest BCUT2D eigenvalue weighted by Crippen LogP contribution is 2.39. The SMILES string of the molecule is CC(C)(c1ccc(OCc2ccnc(NS(C)(=O)=O)n2)cc1)c1cc(Cl)c(OCC(=O)Nc2ccc3c(c2)CN(C2CCC(=O)NC2=O)C3=O)c(C#N)c1.